The van der Waals surface area contributed by atoms with Gasteiger partial charge in [0.05, 0.1) is 24.4 Å². The molecule has 1 N–H and O–H groups in total. The summed E-state index contributed by atoms with van der Waals surface area (Å²) >= 11 is 6.13. The van der Waals surface area contributed by atoms with Gasteiger partial charge in [-0.3, -0.25) is 9.59 Å². The van der Waals surface area contributed by atoms with Gasteiger partial charge in [0.25, 0.3) is 5.56 Å². The van der Waals surface area contributed by atoms with Crippen molar-refractivity contribution in [2.45, 2.75) is 19.4 Å². The molecule has 0 saturated heterocycles. The molecule has 1 aliphatic rings. The standard InChI is InChI=1S/C27H22ClN3O3/c1-16(32)31-24(17-9-13-20(34-2)14-10-17)15-23(30-31)26-25(18-7-11-19(28)12-8-18)21-5-3-4-6-22(21)29-27(26)33/h3-14,24H,15H2,1-2H3,(H,29,33)/t24-/m1/s1. The summed E-state index contributed by atoms with van der Waals surface area (Å²) in [6, 6.07) is 22.3. The molecule has 4 aromatic rings. The smallest absolute Gasteiger partial charge is 0.258 e. The van der Waals surface area contributed by atoms with E-state index in [-0.39, 0.29) is 17.5 Å². The number of aromatic amines is 1. The molecule has 5 rings (SSSR count). The number of benzene rings is 3. The molecule has 3 aromatic carbocycles. The van der Waals surface area contributed by atoms with Gasteiger partial charge >= 0.3 is 0 Å². The number of ether oxygens (including phenoxy) is 1. The number of hydrogen-bond donors (Lipinski definition) is 1. The first-order chi connectivity index (χ1) is 16.5. The molecule has 0 saturated carbocycles. The van der Waals surface area contributed by atoms with Crippen LogP contribution in [0.4, 0.5) is 0 Å². The zero-order valence-electron chi connectivity index (χ0n) is 18.7. The van der Waals surface area contributed by atoms with E-state index in [4.69, 9.17) is 16.3 Å². The summed E-state index contributed by atoms with van der Waals surface area (Å²) in [5, 5.41) is 7.61. The third-order valence-corrected chi connectivity index (χ3v) is 6.33. The molecule has 170 valence electrons. The molecule has 0 unspecified atom stereocenters. The minimum Gasteiger partial charge on any atom is -0.497 e. The fourth-order valence-corrected chi connectivity index (χ4v) is 4.60. The molecular formula is C27H22ClN3O3. The van der Waals surface area contributed by atoms with Crippen LogP contribution in [0.5, 0.6) is 5.75 Å². The number of carbonyl (C=O) groups is 1. The maximum atomic E-state index is 13.4. The van der Waals surface area contributed by atoms with Gasteiger partial charge in [0.15, 0.2) is 0 Å². The van der Waals surface area contributed by atoms with Gasteiger partial charge in [0.1, 0.15) is 5.75 Å². The molecule has 0 aliphatic carbocycles. The topological polar surface area (TPSA) is 74.8 Å². The van der Waals surface area contributed by atoms with Crippen molar-refractivity contribution < 1.29 is 9.53 Å². The fourth-order valence-electron chi connectivity index (χ4n) is 4.47. The highest BCUT2D eigenvalue weighted by Gasteiger charge is 2.34. The molecule has 6 nitrogen and oxygen atoms in total. The van der Waals surface area contributed by atoms with E-state index >= 15 is 0 Å². The van der Waals surface area contributed by atoms with Gasteiger partial charge in [-0.2, -0.15) is 5.10 Å². The number of carbonyl (C=O) groups excluding carboxylic acids is 1. The number of H-pyrrole nitrogens is 1. The van der Waals surface area contributed by atoms with E-state index in [0.717, 1.165) is 33.3 Å². The Hall–Kier alpha value is -3.90. The van der Waals surface area contributed by atoms with E-state index in [2.05, 4.69) is 10.1 Å². The van der Waals surface area contributed by atoms with Gasteiger partial charge in [-0.1, -0.05) is 54.1 Å². The highest BCUT2D eigenvalue weighted by molar-refractivity contribution is 6.30. The second-order valence-electron chi connectivity index (χ2n) is 8.16. The third-order valence-electron chi connectivity index (χ3n) is 6.08. The summed E-state index contributed by atoms with van der Waals surface area (Å²) in [6.45, 7) is 1.48. The number of amides is 1. The summed E-state index contributed by atoms with van der Waals surface area (Å²) in [7, 11) is 1.61. The van der Waals surface area contributed by atoms with Crippen molar-refractivity contribution in [1.82, 2.24) is 9.99 Å². The van der Waals surface area contributed by atoms with Crippen molar-refractivity contribution in [2.75, 3.05) is 7.11 Å². The van der Waals surface area contributed by atoms with Crippen LogP contribution in [0.15, 0.2) is 82.7 Å². The summed E-state index contributed by atoms with van der Waals surface area (Å²) in [6.07, 6.45) is 0.411. The molecule has 2 heterocycles. The maximum Gasteiger partial charge on any atom is 0.258 e. The van der Waals surface area contributed by atoms with Crippen LogP contribution in [0.1, 0.15) is 30.5 Å². The minimum atomic E-state index is -0.317. The van der Waals surface area contributed by atoms with E-state index in [1.54, 1.807) is 19.2 Å². The SMILES string of the molecule is COc1ccc([C@H]2CC(c3c(-c4ccc(Cl)cc4)c4ccccc4[nH]c3=O)=NN2C(C)=O)cc1. The molecule has 1 aliphatic heterocycles. The van der Waals surface area contributed by atoms with E-state index in [1.165, 1.54) is 11.9 Å². The maximum absolute atomic E-state index is 13.4. The molecule has 34 heavy (non-hydrogen) atoms. The Bertz CT molecular complexity index is 1470. The molecule has 7 heteroatoms. The molecule has 0 bridgehead atoms. The lowest BCUT2D eigenvalue weighted by molar-refractivity contribution is -0.130. The first-order valence-electron chi connectivity index (χ1n) is 10.9. The Balaban J connectivity index is 1.69. The Labute approximate surface area is 201 Å². The van der Waals surface area contributed by atoms with Crippen LogP contribution < -0.4 is 10.3 Å². The van der Waals surface area contributed by atoms with E-state index in [1.807, 2.05) is 60.7 Å². The second kappa shape index (κ2) is 8.80. The van der Waals surface area contributed by atoms with Crippen LogP contribution in [0.2, 0.25) is 5.02 Å². The Morgan fingerprint density at radius 2 is 1.74 bits per heavy atom. The number of hydrogen-bond acceptors (Lipinski definition) is 4. The predicted octanol–water partition coefficient (Wildman–Crippen LogP) is 5.55. The van der Waals surface area contributed by atoms with Crippen molar-refractivity contribution in [3.63, 3.8) is 0 Å². The summed E-state index contributed by atoms with van der Waals surface area (Å²) in [5.41, 5.74) is 4.05. The fraction of sp³-hybridized carbons (Fsp3) is 0.148. The average molecular weight is 472 g/mol. The zero-order valence-corrected chi connectivity index (χ0v) is 19.5. The average Bonchev–Trinajstić information content (AvgIpc) is 3.29. The van der Waals surface area contributed by atoms with Gasteiger partial charge < -0.3 is 9.72 Å². The Kier molecular flexibility index (Phi) is 5.67. The number of pyridine rings is 1. The van der Waals surface area contributed by atoms with Crippen LogP contribution in [-0.2, 0) is 4.79 Å². The number of methoxy groups -OCH3 is 1. The first-order valence-corrected chi connectivity index (χ1v) is 11.3. The third kappa shape index (κ3) is 3.86. The Morgan fingerprint density at radius 1 is 1.03 bits per heavy atom. The lowest BCUT2D eigenvalue weighted by atomic mass is 9.91. The molecular weight excluding hydrogens is 450 g/mol. The van der Waals surface area contributed by atoms with Crippen molar-refractivity contribution >= 4 is 34.1 Å². The van der Waals surface area contributed by atoms with Gasteiger partial charge in [0, 0.05) is 34.8 Å². The number of para-hydroxylation sites is 1. The van der Waals surface area contributed by atoms with Gasteiger partial charge in [0.2, 0.25) is 5.91 Å². The van der Waals surface area contributed by atoms with Crippen LogP contribution in [0.3, 0.4) is 0 Å². The monoisotopic (exact) mass is 471 g/mol. The highest BCUT2D eigenvalue weighted by Crippen LogP contribution is 2.37. The first kappa shape index (κ1) is 21.9. The van der Waals surface area contributed by atoms with Gasteiger partial charge in [-0.05, 0) is 41.5 Å². The lowest BCUT2D eigenvalue weighted by Crippen LogP contribution is -2.24. The quantitative estimate of drug-likeness (QED) is 0.423. The van der Waals surface area contributed by atoms with Crippen LogP contribution in [-0.4, -0.2) is 28.7 Å². The van der Waals surface area contributed by atoms with Gasteiger partial charge in [-0.25, -0.2) is 5.01 Å². The summed E-state index contributed by atoms with van der Waals surface area (Å²) in [4.78, 5) is 28.9. The number of fused-ring (bicyclic) bond motifs is 1. The molecule has 1 amide bonds. The number of halogens is 1. The zero-order chi connectivity index (χ0) is 23.8. The number of nitrogens with zero attached hydrogens (tertiary/aromatic N) is 2. The van der Waals surface area contributed by atoms with Crippen molar-refractivity contribution in [3.8, 4) is 16.9 Å². The van der Waals surface area contributed by atoms with Crippen molar-refractivity contribution in [1.29, 1.82) is 0 Å². The van der Waals surface area contributed by atoms with Crippen molar-refractivity contribution in [2.24, 2.45) is 5.10 Å². The lowest BCUT2D eigenvalue weighted by Gasteiger charge is -2.20. The van der Waals surface area contributed by atoms with E-state index < -0.39 is 0 Å². The van der Waals surface area contributed by atoms with Crippen LogP contribution in [0.25, 0.3) is 22.0 Å². The second-order valence-corrected chi connectivity index (χ2v) is 8.60. The number of hydrazone groups is 1. The molecule has 1 aromatic heterocycles. The molecule has 0 fully saturated rings. The number of rotatable bonds is 4. The number of aromatic nitrogens is 1. The molecule has 0 spiro atoms. The number of nitrogens with one attached hydrogen (secondary N) is 1. The molecule has 0 radical (unpaired) electrons. The summed E-state index contributed by atoms with van der Waals surface area (Å²) < 4.78 is 5.26. The van der Waals surface area contributed by atoms with Gasteiger partial charge in [-0.15, -0.1) is 0 Å². The van der Waals surface area contributed by atoms with E-state index in [9.17, 15) is 9.59 Å². The van der Waals surface area contributed by atoms with Crippen molar-refractivity contribution in [3.05, 3.63) is 99.3 Å². The van der Waals surface area contributed by atoms with E-state index in [0.29, 0.717) is 22.7 Å². The van der Waals surface area contributed by atoms with Crippen LogP contribution >= 0.6 is 11.6 Å². The summed E-state index contributed by atoms with van der Waals surface area (Å²) in [5.74, 6) is 0.536. The minimum absolute atomic E-state index is 0.193. The largest absolute Gasteiger partial charge is 0.497 e. The molecule has 1 atom stereocenters. The Morgan fingerprint density at radius 3 is 2.41 bits per heavy atom. The highest BCUT2D eigenvalue weighted by atomic mass is 35.5. The van der Waals surface area contributed by atoms with Crippen LogP contribution in [0, 0.1) is 0 Å². The normalized spacial score (nSPS) is 15.4. The predicted molar refractivity (Wildman–Crippen MR) is 134 cm³/mol.